The Hall–Kier alpha value is -12.2. The molecule has 141 heavy (non-hydrogen) atoms. The van der Waals surface area contributed by atoms with Gasteiger partial charge in [0.1, 0.15) is 28.7 Å². The van der Waals surface area contributed by atoms with Crippen molar-refractivity contribution in [1.29, 1.82) is 0 Å². The zero-order valence-corrected chi connectivity index (χ0v) is 83.1. The van der Waals surface area contributed by atoms with E-state index in [0.717, 1.165) is 214 Å². The summed E-state index contributed by atoms with van der Waals surface area (Å²) >= 11 is 6.75. The number of nitrogens with zero attached hydrogens (tertiary/aromatic N) is 5. The predicted octanol–water partition coefficient (Wildman–Crippen LogP) is 21.4. The first-order chi connectivity index (χ1) is 67.7. The van der Waals surface area contributed by atoms with Crippen molar-refractivity contribution in [2.24, 2.45) is 0 Å². The maximum atomic E-state index is 12.6. The van der Waals surface area contributed by atoms with E-state index >= 15 is 0 Å². The van der Waals surface area contributed by atoms with Crippen molar-refractivity contribution < 1.29 is 94.0 Å². The summed E-state index contributed by atoms with van der Waals surface area (Å²) in [5.41, 5.74) is 24.3. The number of halogens is 1. The molecule has 0 spiro atoms. The van der Waals surface area contributed by atoms with Crippen LogP contribution in [0.1, 0.15) is 226 Å². The van der Waals surface area contributed by atoms with Gasteiger partial charge in [-0.05, 0) is 225 Å². The second-order valence-electron chi connectivity index (χ2n) is 36.5. The number of aliphatic hydroxyl groups excluding tert-OH is 1. The Morgan fingerprint density at radius 3 is 1.05 bits per heavy atom. The summed E-state index contributed by atoms with van der Waals surface area (Å²) in [5.74, 6) is 2.96. The maximum absolute atomic E-state index is 12.6. The van der Waals surface area contributed by atoms with Gasteiger partial charge in [-0.2, -0.15) is 5.26 Å². The maximum Gasteiger partial charge on any atom is 1.00 e. The van der Waals surface area contributed by atoms with Gasteiger partial charge in [-0.25, -0.2) is 9.59 Å². The molecular weight excluding hydrogens is 1800 g/mol. The van der Waals surface area contributed by atoms with Crippen molar-refractivity contribution in [1.82, 2.24) is 29.0 Å². The van der Waals surface area contributed by atoms with Crippen molar-refractivity contribution in [3.05, 3.63) is 338 Å². The first-order valence-electron chi connectivity index (χ1n) is 48.8. The largest absolute Gasteiger partial charge is 1.00 e. The molecule has 10 aromatic carbocycles. The number of fused-ring (bicyclic) bond motifs is 15. The second kappa shape index (κ2) is 51.0. The van der Waals surface area contributed by atoms with E-state index in [1.54, 1.807) is 35.5 Å². The third-order valence-corrected chi connectivity index (χ3v) is 28.9. The first-order valence-corrected chi connectivity index (χ1v) is 49.2. The van der Waals surface area contributed by atoms with Crippen molar-refractivity contribution in [2.45, 2.75) is 204 Å². The van der Waals surface area contributed by atoms with E-state index in [2.05, 4.69) is 192 Å². The van der Waals surface area contributed by atoms with Crippen molar-refractivity contribution in [3.63, 3.8) is 0 Å². The number of benzene rings is 10. The minimum Gasteiger partial charge on any atom is -1.00 e. The molecule has 5 N–H and O–H groups in total. The van der Waals surface area contributed by atoms with Crippen molar-refractivity contribution in [2.75, 3.05) is 63.5 Å². The standard InChI is InChI=1S/C25H26ClNO3.C25H29NO3.C23H25NO3.C22H23NO4.C22H25NO2.Al.Li.H3N.H2.4H/c1-29-21-14-13-19(26)25-24(21)23-18(12-15-22(28)30-2)10-6-7-11-20(23)27(25)16-17-8-4-3-5-9-17;1-28-22-14-8-13-21-25(22)24-19(15-16-23(27)29-2)11-6-7-12-20(24)26(21)17-18-9-4-3-5-10-18;1-26-20-14-8-13-19-22(20)21-17(23(25)27-2)11-6-7-12-18(21)24(19)15-16-9-4-3-5-10-16;1-26-19-13-7-12-18-21(19)20-16(22(24)27-25)10-5-6-11-17(20)23(18)14-15-8-3-2-4-9-15;1-25-20-13-7-12-19-22(20)21-17(15-24)10-5-6-11-18(21)23(19)14-16-8-3-2-4-9-16;;;;;;;;/h3-5,8-9,12-15,18H,6-7,10-11,16H2,1-2H3;3-5,8-10,13-14,19H,6-7,11-12,15-17H2,1-2H3;3-5,8-10,13-14,17H,6-7,11-12,15H2,1-2H3;2-4,7-9,12-13,16,25H,5-6,10-11,14H2,1H3;2-4,7-9,12-13,17,24H,5-6,10-11,14-15H2,1H3;;;1H3;1H;;;;/q;;;;;;+1;;;;;;-1/b15-12+;;;;;;;;;;;;. The smallest absolute Gasteiger partial charge is 1.00 e. The van der Waals surface area contributed by atoms with E-state index in [9.17, 15) is 24.3 Å². The van der Waals surface area contributed by atoms with Gasteiger partial charge in [0.15, 0.2) is 17.4 Å². The van der Waals surface area contributed by atoms with Gasteiger partial charge in [-0.15, -0.1) is 0 Å². The first kappa shape index (κ1) is 106. The van der Waals surface area contributed by atoms with Crippen LogP contribution in [0, 0.1) is 0 Å². The summed E-state index contributed by atoms with van der Waals surface area (Å²) in [5, 5.41) is 25.3. The molecule has 24 heteroatoms. The number of esters is 3. The monoisotopic (exact) mass is 1930 g/mol. The molecule has 5 unspecified atom stereocenters. The third kappa shape index (κ3) is 23.4. The molecule has 0 bridgehead atoms. The Morgan fingerprint density at radius 1 is 0.369 bits per heavy atom. The van der Waals surface area contributed by atoms with Crippen LogP contribution in [0.2, 0.25) is 5.02 Å². The molecule has 0 aliphatic heterocycles. The van der Waals surface area contributed by atoms with E-state index in [4.69, 9.17) is 54.8 Å². The van der Waals surface area contributed by atoms with Crippen molar-refractivity contribution in [3.8, 4) is 28.7 Å². The van der Waals surface area contributed by atoms with Gasteiger partial charge in [0.25, 0.3) is 0 Å². The molecule has 20 rings (SSSR count). The number of carbonyl (C=O) groups excluding carboxylic acids is 4. The molecule has 0 fully saturated rings. The summed E-state index contributed by atoms with van der Waals surface area (Å²) < 4.78 is 55.4. The van der Waals surface area contributed by atoms with Crippen LogP contribution in [0.3, 0.4) is 0 Å². The van der Waals surface area contributed by atoms with E-state index in [-0.39, 0.29) is 87.5 Å². The Balaban J connectivity index is 0.000000169. The molecule has 5 heterocycles. The van der Waals surface area contributed by atoms with E-state index in [1.807, 2.05) is 78.9 Å². The topological polar surface area (TPSA) is 251 Å². The van der Waals surface area contributed by atoms with Gasteiger partial charge in [0.05, 0.1) is 108 Å². The Labute approximate surface area is 858 Å². The molecule has 5 aromatic heterocycles. The zero-order chi connectivity index (χ0) is 96.1. The molecule has 0 saturated carbocycles. The van der Waals surface area contributed by atoms with Gasteiger partial charge >= 0.3 is 42.7 Å². The van der Waals surface area contributed by atoms with E-state index < -0.39 is 11.9 Å². The minimum atomic E-state index is -0.595. The predicted molar refractivity (Wildman–Crippen MR) is 565 cm³/mol. The number of aliphatic hydroxyl groups is 1. The molecular formula is C117H137AlClLiN6O15. The molecule has 5 aliphatic carbocycles. The Kier molecular flexibility index (Phi) is 38.4. The molecule has 15 aromatic rings. The Morgan fingerprint density at radius 2 is 0.695 bits per heavy atom. The SMILES string of the molecule is COC(=O)/C=C/C1CCCCc2c1c1c(OC)ccc(Cl)c1n2Cc1ccccc1.COC(=O)C1CCCCc2c1c1c(OC)cccc1n2Cc1ccccc1.COC(=O)CCC1CCCCc2c1c1c(OC)cccc1n2Cc1ccccc1.COc1cccc2c1c1c(n2Cc2ccccc2)CCCCC1C(=O)OO.COc1cccc2c1c1c(n2Cc2ccccc2)CCCCC1CO.N.[AlH3].[H-].[HH].[Li+]. The average molecular weight is 1940 g/mol. The van der Waals surface area contributed by atoms with Gasteiger partial charge in [-0.1, -0.05) is 226 Å². The number of aromatic nitrogens is 5. The summed E-state index contributed by atoms with van der Waals surface area (Å²) in [6.07, 6.45) is 25.3. The normalized spacial score (nSPS) is 16.3. The third-order valence-electron chi connectivity index (χ3n) is 28.6. The van der Waals surface area contributed by atoms with E-state index in [1.165, 1.54) is 142 Å². The number of rotatable bonds is 23. The van der Waals surface area contributed by atoms with Crippen LogP contribution in [0.15, 0.2) is 249 Å². The fraction of sp³-hybridized carbons (Fsp3) is 0.350. The average Bonchev–Trinajstić information content (AvgIpc) is 1.58. The van der Waals surface area contributed by atoms with Crippen LogP contribution >= 0.6 is 11.6 Å². The van der Waals surface area contributed by atoms with Gasteiger partial charge in [0.2, 0.25) is 0 Å². The summed E-state index contributed by atoms with van der Waals surface area (Å²) in [6, 6.07) is 80.9. The minimum absolute atomic E-state index is 0. The second-order valence-corrected chi connectivity index (χ2v) is 36.9. The molecule has 5 atom stereocenters. The fourth-order valence-corrected chi connectivity index (χ4v) is 22.5. The fourth-order valence-electron chi connectivity index (χ4n) is 22.3. The van der Waals surface area contributed by atoms with Crippen LogP contribution in [-0.4, -0.2) is 138 Å². The van der Waals surface area contributed by atoms with Crippen LogP contribution in [0.4, 0.5) is 0 Å². The molecule has 5 aliphatic rings. The van der Waals surface area contributed by atoms with Crippen LogP contribution < -0.4 is 48.7 Å². The molecule has 0 radical (unpaired) electrons. The summed E-state index contributed by atoms with van der Waals surface area (Å²) in [7, 11) is 12.9. The number of allylic oxidation sites excluding steroid dienone is 1. The summed E-state index contributed by atoms with van der Waals surface area (Å²) in [6.45, 7) is 4.17. The number of carbonyl (C=O) groups is 4. The molecule has 736 valence electrons. The summed E-state index contributed by atoms with van der Waals surface area (Å²) in [4.78, 5) is 52.8. The van der Waals surface area contributed by atoms with Gasteiger partial charge < -0.3 is 78.3 Å². The number of methoxy groups -OCH3 is 8. The molecule has 21 nitrogen and oxygen atoms in total. The quantitative estimate of drug-likeness (QED) is 0.0102. The van der Waals surface area contributed by atoms with Crippen LogP contribution in [0.25, 0.3) is 54.5 Å². The van der Waals surface area contributed by atoms with Gasteiger partial charge in [-0.3, -0.25) is 9.59 Å². The van der Waals surface area contributed by atoms with Crippen LogP contribution in [0.5, 0.6) is 28.7 Å². The number of hydrogen-bond acceptors (Lipinski definition) is 16. The number of hydrogen-bond donors (Lipinski definition) is 3. The molecule has 0 saturated heterocycles. The van der Waals surface area contributed by atoms with Crippen LogP contribution in [-0.2, 0) is 103 Å². The number of ether oxygens (including phenoxy) is 8. The van der Waals surface area contributed by atoms with E-state index in [0.29, 0.717) is 23.8 Å². The zero-order valence-electron chi connectivity index (χ0n) is 83.4. The Bertz CT molecular complexity index is 6610. The molecule has 0 amide bonds. The van der Waals surface area contributed by atoms with Gasteiger partial charge in [0, 0.05) is 114 Å². The van der Waals surface area contributed by atoms with Crippen molar-refractivity contribution >= 4 is 107 Å².